The van der Waals surface area contributed by atoms with Crippen LogP contribution in [0.15, 0.2) is 0 Å². The quantitative estimate of drug-likeness (QED) is 0.711. The lowest BCUT2D eigenvalue weighted by molar-refractivity contribution is -0.136. The second-order valence-electron chi connectivity index (χ2n) is 5.70. The van der Waals surface area contributed by atoms with Crippen molar-refractivity contribution in [3.8, 4) is 0 Å². The van der Waals surface area contributed by atoms with Gasteiger partial charge < -0.3 is 10.8 Å². The Morgan fingerprint density at radius 1 is 1.25 bits per heavy atom. The normalized spacial score (nSPS) is 28.6. The minimum Gasteiger partial charge on any atom is -0.480 e. The third-order valence-electron chi connectivity index (χ3n) is 4.37. The zero-order valence-electron chi connectivity index (χ0n) is 11.7. The highest BCUT2D eigenvalue weighted by atomic mass is 32.2. The molecule has 8 heteroatoms. The molecule has 0 spiro atoms. The molecule has 116 valence electrons. The highest BCUT2D eigenvalue weighted by Gasteiger charge is 2.40. The van der Waals surface area contributed by atoms with E-state index in [0.29, 0.717) is 13.1 Å². The van der Waals surface area contributed by atoms with Crippen molar-refractivity contribution in [3.05, 3.63) is 0 Å². The molecular formula is C12H23N3O4S. The summed E-state index contributed by atoms with van der Waals surface area (Å²) in [6.07, 6.45) is 2.64. The van der Waals surface area contributed by atoms with Crippen LogP contribution in [0.25, 0.3) is 0 Å². The van der Waals surface area contributed by atoms with Crippen molar-refractivity contribution >= 4 is 16.0 Å². The number of rotatable bonds is 4. The van der Waals surface area contributed by atoms with E-state index >= 15 is 0 Å². The summed E-state index contributed by atoms with van der Waals surface area (Å²) in [6.45, 7) is 3.83. The zero-order chi connectivity index (χ0) is 14.9. The summed E-state index contributed by atoms with van der Waals surface area (Å²) in [5, 5.41) is 7.51. The summed E-state index contributed by atoms with van der Waals surface area (Å²) in [5.41, 5.74) is 5.87. The first-order valence-corrected chi connectivity index (χ1v) is 8.54. The first-order chi connectivity index (χ1) is 9.32. The van der Waals surface area contributed by atoms with Gasteiger partial charge in [0.1, 0.15) is 0 Å². The van der Waals surface area contributed by atoms with Gasteiger partial charge in [-0.2, -0.15) is 4.31 Å². The van der Waals surface area contributed by atoms with Crippen molar-refractivity contribution in [2.45, 2.75) is 43.5 Å². The molecule has 2 unspecified atom stereocenters. The molecule has 0 aromatic rings. The fourth-order valence-corrected chi connectivity index (χ4v) is 4.32. The van der Waals surface area contributed by atoms with Crippen molar-refractivity contribution in [1.29, 1.82) is 0 Å². The van der Waals surface area contributed by atoms with E-state index in [4.69, 9.17) is 10.8 Å². The smallest absolute Gasteiger partial charge is 0.323 e. The number of piperidine rings is 1. The molecule has 0 aromatic heterocycles. The fraction of sp³-hybridized carbons (Fsp3) is 0.917. The number of carbonyl (C=O) groups is 1. The third-order valence-corrected chi connectivity index (χ3v) is 6.52. The van der Waals surface area contributed by atoms with E-state index in [1.807, 2.05) is 0 Å². The van der Waals surface area contributed by atoms with Gasteiger partial charge >= 0.3 is 5.97 Å². The molecule has 0 saturated carbocycles. The number of hydrogen-bond acceptors (Lipinski definition) is 5. The molecule has 0 aromatic carbocycles. The molecule has 0 amide bonds. The molecule has 2 saturated heterocycles. The van der Waals surface area contributed by atoms with Gasteiger partial charge in [0.25, 0.3) is 0 Å². The standard InChI is InChI=1S/C12H23N3O4S/c1-9(12(16)17)20(18,19)15-7-4-11(8-15)14-5-2-10(13)3-6-14/h9-11H,2-8,13H2,1H3,(H,16,17). The molecule has 0 bridgehead atoms. The Bertz CT molecular complexity index is 459. The highest BCUT2D eigenvalue weighted by Crippen LogP contribution is 2.23. The molecule has 2 rings (SSSR count). The van der Waals surface area contributed by atoms with Gasteiger partial charge in [-0.05, 0) is 39.3 Å². The highest BCUT2D eigenvalue weighted by molar-refractivity contribution is 7.90. The van der Waals surface area contributed by atoms with Crippen LogP contribution in [0, 0.1) is 0 Å². The molecule has 2 aliphatic heterocycles. The van der Waals surface area contributed by atoms with E-state index < -0.39 is 21.2 Å². The number of sulfonamides is 1. The van der Waals surface area contributed by atoms with Crippen LogP contribution in [0.4, 0.5) is 0 Å². The van der Waals surface area contributed by atoms with Crippen molar-refractivity contribution in [3.63, 3.8) is 0 Å². The average molecular weight is 305 g/mol. The van der Waals surface area contributed by atoms with Crippen LogP contribution < -0.4 is 5.73 Å². The van der Waals surface area contributed by atoms with Crippen LogP contribution in [-0.4, -0.2) is 72.2 Å². The molecule has 7 nitrogen and oxygen atoms in total. The number of likely N-dealkylation sites (tertiary alicyclic amines) is 1. The second-order valence-corrected chi connectivity index (χ2v) is 7.95. The van der Waals surface area contributed by atoms with Gasteiger partial charge in [-0.15, -0.1) is 0 Å². The third kappa shape index (κ3) is 3.13. The van der Waals surface area contributed by atoms with Crippen LogP contribution in [-0.2, 0) is 14.8 Å². The maximum Gasteiger partial charge on any atom is 0.323 e. The molecule has 3 N–H and O–H groups in total. The van der Waals surface area contributed by atoms with Crippen LogP contribution in [0.2, 0.25) is 0 Å². The van der Waals surface area contributed by atoms with Crippen LogP contribution in [0.5, 0.6) is 0 Å². The predicted octanol–water partition coefficient (Wildman–Crippen LogP) is -0.713. The summed E-state index contributed by atoms with van der Waals surface area (Å²) in [7, 11) is -3.74. The van der Waals surface area contributed by atoms with Gasteiger partial charge in [0.05, 0.1) is 0 Å². The fourth-order valence-electron chi connectivity index (χ4n) is 2.88. The van der Waals surface area contributed by atoms with Crippen molar-refractivity contribution in [2.75, 3.05) is 26.2 Å². The monoisotopic (exact) mass is 305 g/mol. The van der Waals surface area contributed by atoms with E-state index in [1.54, 1.807) is 0 Å². The van der Waals surface area contributed by atoms with Gasteiger partial charge in [-0.25, -0.2) is 8.42 Å². The van der Waals surface area contributed by atoms with E-state index in [2.05, 4.69) is 4.90 Å². The Labute approximate surface area is 119 Å². The Kier molecular flexibility index (Phi) is 4.68. The molecule has 0 radical (unpaired) electrons. The van der Waals surface area contributed by atoms with Crippen molar-refractivity contribution in [2.24, 2.45) is 5.73 Å². The van der Waals surface area contributed by atoms with Gasteiger partial charge in [0.2, 0.25) is 10.0 Å². The topological polar surface area (TPSA) is 104 Å². The average Bonchev–Trinajstić information content (AvgIpc) is 2.88. The molecule has 2 heterocycles. The summed E-state index contributed by atoms with van der Waals surface area (Å²) >= 11 is 0. The summed E-state index contributed by atoms with van der Waals surface area (Å²) in [6, 6.07) is 0.442. The number of carboxylic acid groups (broad SMARTS) is 1. The minimum absolute atomic E-state index is 0.193. The Morgan fingerprint density at radius 3 is 2.40 bits per heavy atom. The number of nitrogens with zero attached hydrogens (tertiary/aromatic N) is 2. The van der Waals surface area contributed by atoms with Crippen LogP contribution in [0.3, 0.4) is 0 Å². The number of carboxylic acids is 1. The lowest BCUT2D eigenvalue weighted by Gasteiger charge is -2.34. The van der Waals surface area contributed by atoms with E-state index in [1.165, 1.54) is 11.2 Å². The zero-order valence-corrected chi connectivity index (χ0v) is 12.6. The van der Waals surface area contributed by atoms with E-state index in [0.717, 1.165) is 32.4 Å². The minimum atomic E-state index is -3.74. The maximum atomic E-state index is 12.2. The Morgan fingerprint density at radius 2 is 1.85 bits per heavy atom. The summed E-state index contributed by atoms with van der Waals surface area (Å²) < 4.78 is 25.6. The predicted molar refractivity (Wildman–Crippen MR) is 74.8 cm³/mol. The van der Waals surface area contributed by atoms with Crippen LogP contribution in [0.1, 0.15) is 26.2 Å². The summed E-state index contributed by atoms with van der Waals surface area (Å²) in [5.74, 6) is -1.29. The van der Waals surface area contributed by atoms with Gasteiger partial charge in [0.15, 0.2) is 5.25 Å². The van der Waals surface area contributed by atoms with E-state index in [9.17, 15) is 13.2 Å². The van der Waals surface area contributed by atoms with E-state index in [-0.39, 0.29) is 12.1 Å². The van der Waals surface area contributed by atoms with Crippen molar-refractivity contribution in [1.82, 2.24) is 9.21 Å². The molecule has 2 aliphatic rings. The SMILES string of the molecule is CC(C(=O)O)S(=O)(=O)N1CCC(N2CCC(N)CC2)C1. The van der Waals surface area contributed by atoms with Crippen LogP contribution >= 0.6 is 0 Å². The molecular weight excluding hydrogens is 282 g/mol. The maximum absolute atomic E-state index is 12.2. The largest absolute Gasteiger partial charge is 0.480 e. The Hall–Kier alpha value is -0.700. The lowest BCUT2D eigenvalue weighted by Crippen LogP contribution is -2.47. The molecule has 20 heavy (non-hydrogen) atoms. The number of aliphatic carboxylic acids is 1. The van der Waals surface area contributed by atoms with Crippen molar-refractivity contribution < 1.29 is 18.3 Å². The molecule has 2 fully saturated rings. The van der Waals surface area contributed by atoms with Gasteiger partial charge in [-0.1, -0.05) is 0 Å². The Balaban J connectivity index is 1.97. The molecule has 2 atom stereocenters. The number of nitrogens with two attached hydrogens (primary N) is 1. The second kappa shape index (κ2) is 5.97. The molecule has 0 aliphatic carbocycles. The summed E-state index contributed by atoms with van der Waals surface area (Å²) in [4.78, 5) is 13.2. The lowest BCUT2D eigenvalue weighted by atomic mass is 10.0. The first-order valence-electron chi connectivity index (χ1n) is 7.03. The number of hydrogen-bond donors (Lipinski definition) is 2. The van der Waals surface area contributed by atoms with Gasteiger partial charge in [0, 0.05) is 25.2 Å². The van der Waals surface area contributed by atoms with Gasteiger partial charge in [-0.3, -0.25) is 9.69 Å². The first kappa shape index (κ1) is 15.7.